The Bertz CT molecular complexity index is 563. The van der Waals surface area contributed by atoms with Crippen LogP contribution >= 0.6 is 18.5 Å². The Morgan fingerprint density at radius 2 is 0.667 bits per heavy atom. The first-order valence-electron chi connectivity index (χ1n) is 15.7. The van der Waals surface area contributed by atoms with Crippen LogP contribution in [0.4, 0.5) is 8.78 Å². The fourth-order valence-electron chi connectivity index (χ4n) is 7.89. The van der Waals surface area contributed by atoms with Gasteiger partial charge in [-0.15, -0.1) is 18.5 Å². The molecule has 0 aromatic heterocycles. The Balaban J connectivity index is 0.000000688. The smallest absolute Gasteiger partial charge is 1.00 e. The number of hydrogen-bond donors (Lipinski definition) is 0. The summed E-state index contributed by atoms with van der Waals surface area (Å²) in [5.41, 5.74) is -2.01. The van der Waals surface area contributed by atoms with Crippen LogP contribution in [-0.2, 0) is 16.5 Å². The fraction of sp³-hybridized carbons (Fsp3) is 0.875. The maximum absolute atomic E-state index is 15.7. The second-order valence-electron chi connectivity index (χ2n) is 12.3. The largest absolute Gasteiger partial charge is 2.00 e. The minimum Gasteiger partial charge on any atom is -1.00 e. The Morgan fingerprint density at radius 3 is 0.846 bits per heavy atom. The zero-order valence-electron chi connectivity index (χ0n) is 24.2. The molecule has 0 spiro atoms. The summed E-state index contributed by atoms with van der Waals surface area (Å²) >= 11 is 0. The first kappa shape index (κ1) is 40.3. The molecule has 4 fully saturated rings. The summed E-state index contributed by atoms with van der Waals surface area (Å²) in [7, 11) is 5.36. The maximum Gasteiger partial charge on any atom is 2.00 e. The van der Waals surface area contributed by atoms with E-state index in [4.69, 9.17) is 0 Å². The van der Waals surface area contributed by atoms with Crippen LogP contribution < -0.4 is 24.8 Å². The van der Waals surface area contributed by atoms with E-state index in [0.29, 0.717) is 23.7 Å². The van der Waals surface area contributed by atoms with E-state index in [1.54, 1.807) is 0 Å². The van der Waals surface area contributed by atoms with E-state index in [2.05, 4.69) is 18.5 Å². The van der Waals surface area contributed by atoms with Gasteiger partial charge in [0.05, 0.1) is 0 Å². The summed E-state index contributed by atoms with van der Waals surface area (Å²) in [5, 5.41) is 0. The zero-order valence-corrected chi connectivity index (χ0v) is 29.0. The predicted molar refractivity (Wildman–Crippen MR) is 161 cm³/mol. The van der Waals surface area contributed by atoms with E-state index in [9.17, 15) is 0 Å². The molecule has 0 aromatic carbocycles. The number of hydrogen-bond acceptors (Lipinski definition) is 0. The third-order valence-electron chi connectivity index (χ3n) is 9.94. The van der Waals surface area contributed by atoms with Gasteiger partial charge in [-0.05, 0) is 87.4 Å². The van der Waals surface area contributed by atoms with E-state index in [1.807, 2.05) is 24.3 Å². The normalized spacial score (nSPS) is 22.9. The summed E-state index contributed by atoms with van der Waals surface area (Å²) in [6.45, 7) is 0. The molecule has 0 heterocycles. The van der Waals surface area contributed by atoms with Crippen LogP contribution in [0.2, 0.25) is 0 Å². The first-order valence-corrected chi connectivity index (χ1v) is 17.3. The van der Waals surface area contributed by atoms with Crippen molar-refractivity contribution in [2.75, 3.05) is 12.3 Å². The molecule has 0 aliphatic heterocycles. The van der Waals surface area contributed by atoms with Crippen LogP contribution in [0.25, 0.3) is 0 Å². The van der Waals surface area contributed by atoms with Crippen molar-refractivity contribution in [1.29, 1.82) is 0 Å². The minimum absolute atomic E-state index is 0. The van der Waals surface area contributed by atoms with E-state index < -0.39 is 11.3 Å². The quantitative estimate of drug-likeness (QED) is 0.202. The van der Waals surface area contributed by atoms with Crippen LogP contribution in [0.15, 0.2) is 24.3 Å². The molecule has 0 saturated heterocycles. The summed E-state index contributed by atoms with van der Waals surface area (Å²) in [6.07, 6.45) is 33.7. The summed E-state index contributed by atoms with van der Waals surface area (Å²) in [4.78, 5) is 0. The topological polar surface area (TPSA) is 0 Å². The Kier molecular flexibility index (Phi) is 22.6. The number of allylic oxidation sites excluding steroid dienone is 4. The molecule has 2 atom stereocenters. The van der Waals surface area contributed by atoms with Crippen LogP contribution in [-0.4, -0.2) is 23.7 Å². The average molecular weight is 670 g/mol. The van der Waals surface area contributed by atoms with Crippen molar-refractivity contribution >= 4 is 18.5 Å². The van der Waals surface area contributed by atoms with Crippen molar-refractivity contribution < 1.29 is 50.1 Å². The molecule has 0 aromatic rings. The fourth-order valence-corrected chi connectivity index (χ4v) is 8.16. The maximum atomic E-state index is 15.7. The van der Waals surface area contributed by atoms with Gasteiger partial charge in [-0.25, -0.2) is 8.78 Å². The molecule has 0 N–H and O–H groups in total. The molecule has 4 rings (SSSR count). The number of alkyl halides is 2. The molecule has 0 nitrogen and oxygen atoms in total. The van der Waals surface area contributed by atoms with Crippen LogP contribution in [0.1, 0.15) is 128 Å². The van der Waals surface area contributed by atoms with Gasteiger partial charge in [0, 0.05) is 0 Å². The Morgan fingerprint density at radius 1 is 0.462 bits per heavy atom. The second-order valence-corrected chi connectivity index (χ2v) is 13.2. The van der Waals surface area contributed by atoms with Crippen molar-refractivity contribution in [3.8, 4) is 0 Å². The van der Waals surface area contributed by atoms with Crippen LogP contribution in [0.3, 0.4) is 0 Å². The first-order chi connectivity index (χ1) is 17.5. The second kappa shape index (κ2) is 21.9. The van der Waals surface area contributed by atoms with Crippen LogP contribution in [0, 0.1) is 23.7 Å². The molecule has 4 aliphatic rings. The molecule has 0 radical (unpaired) electrons. The molecule has 39 heavy (non-hydrogen) atoms. The van der Waals surface area contributed by atoms with Crippen molar-refractivity contribution in [2.24, 2.45) is 23.7 Å². The van der Waals surface area contributed by atoms with E-state index >= 15 is 8.78 Å². The van der Waals surface area contributed by atoms with Crippen molar-refractivity contribution in [2.45, 2.75) is 140 Å². The van der Waals surface area contributed by atoms with Gasteiger partial charge in [0.1, 0.15) is 11.3 Å². The van der Waals surface area contributed by atoms with E-state index in [0.717, 1.165) is 63.7 Å². The Labute approximate surface area is 267 Å². The predicted octanol–water partition coefficient (Wildman–Crippen LogP) is 4.58. The molecule has 2 unspecified atom stereocenters. The van der Waals surface area contributed by atoms with Gasteiger partial charge < -0.3 is 24.8 Å². The molecule has 0 bridgehead atoms. The van der Waals surface area contributed by atoms with Gasteiger partial charge in [-0.2, -0.15) is 0 Å². The summed E-state index contributed by atoms with van der Waals surface area (Å²) < 4.78 is 31.3. The van der Waals surface area contributed by atoms with Gasteiger partial charge in [0.15, 0.2) is 0 Å². The summed E-state index contributed by atoms with van der Waals surface area (Å²) in [6, 6.07) is 0. The van der Waals surface area contributed by atoms with Crippen LogP contribution in [0.5, 0.6) is 0 Å². The SMILES string of the molecule is FC(C=CCP)(C1CCCCC1)C1CCCCC1.FC(C=CCP)(C1CCCCC1)C1CCCCC1.[Cl-].[Cl-].[Ni+2]. The van der Waals surface area contributed by atoms with Gasteiger partial charge >= 0.3 is 16.5 Å². The molecular weight excluding hydrogens is 614 g/mol. The molecule has 4 saturated carbocycles. The third-order valence-corrected chi connectivity index (χ3v) is 10.5. The van der Waals surface area contributed by atoms with Gasteiger partial charge in [-0.3, -0.25) is 0 Å². The standard InChI is InChI=1S/2C16H28FP.2ClH.Ni/c2*17-16(12-7-13-18,14-8-3-1-4-9-14)15-10-5-2-6-11-15;;;/h2*7,12,14-15H,1-6,8-11,13,18H2;2*1H;/q;;;;+2/p-2. The van der Waals surface area contributed by atoms with E-state index in [-0.39, 0.29) is 41.3 Å². The molecular formula is C32H56Cl2F2NiP2. The number of rotatable bonds is 8. The molecule has 7 heteroatoms. The van der Waals surface area contributed by atoms with Gasteiger partial charge in [0.25, 0.3) is 0 Å². The monoisotopic (exact) mass is 668 g/mol. The van der Waals surface area contributed by atoms with Crippen molar-refractivity contribution in [1.82, 2.24) is 0 Å². The third kappa shape index (κ3) is 12.1. The van der Waals surface area contributed by atoms with Gasteiger partial charge in [-0.1, -0.05) is 101 Å². The van der Waals surface area contributed by atoms with Gasteiger partial charge in [0.2, 0.25) is 0 Å². The Hall–Kier alpha value is 1.27. The molecule has 232 valence electrons. The number of halogens is 4. The molecule has 4 aliphatic carbocycles. The van der Waals surface area contributed by atoms with E-state index in [1.165, 1.54) is 77.0 Å². The zero-order chi connectivity index (χ0) is 25.7. The van der Waals surface area contributed by atoms with Crippen molar-refractivity contribution in [3.05, 3.63) is 24.3 Å². The average Bonchev–Trinajstić information content (AvgIpc) is 2.97. The van der Waals surface area contributed by atoms with Crippen molar-refractivity contribution in [3.63, 3.8) is 0 Å². The molecule has 0 amide bonds. The summed E-state index contributed by atoms with van der Waals surface area (Å²) in [5.74, 6) is 1.17. The minimum atomic E-state index is -1.00.